The van der Waals surface area contributed by atoms with Crippen LogP contribution < -0.4 is 16.1 Å². The van der Waals surface area contributed by atoms with Gasteiger partial charge in [-0.2, -0.15) is 0 Å². The highest BCUT2D eigenvalue weighted by molar-refractivity contribution is 6.30. The summed E-state index contributed by atoms with van der Waals surface area (Å²) in [6.07, 6.45) is 3.90. The van der Waals surface area contributed by atoms with E-state index in [9.17, 15) is 29.4 Å². The highest BCUT2D eigenvalue weighted by Crippen LogP contribution is 2.33. The maximum atomic E-state index is 12.8. The molecule has 2 unspecified atom stereocenters. The van der Waals surface area contributed by atoms with Crippen molar-refractivity contribution in [2.24, 2.45) is 0 Å². The number of carboxylic acid groups (broad SMARTS) is 2. The molecule has 4 N–H and O–H groups in total. The molecule has 10 rings (SSSR count). The number of benzene rings is 6. The monoisotopic (exact) mass is 1060 g/mol. The molecule has 0 spiro atoms. The van der Waals surface area contributed by atoms with Crippen LogP contribution >= 0.6 is 11.6 Å². The van der Waals surface area contributed by atoms with Gasteiger partial charge in [0.05, 0.1) is 29.2 Å². The third-order valence-electron chi connectivity index (χ3n) is 15.2. The number of piperidine rings is 2. The molecule has 402 valence electrons. The zero-order valence-corrected chi connectivity index (χ0v) is 44.4. The largest absolute Gasteiger partial charge is 0.497 e. The third-order valence-corrected chi connectivity index (χ3v) is 15.4. The van der Waals surface area contributed by atoms with Crippen LogP contribution in [-0.4, -0.2) is 106 Å². The van der Waals surface area contributed by atoms with E-state index < -0.39 is 12.2 Å². The Morgan fingerprint density at radius 2 is 0.974 bits per heavy atom. The summed E-state index contributed by atoms with van der Waals surface area (Å²) in [6.45, 7) is 5.63. The Bertz CT molecular complexity index is 3320. The number of amides is 2. The van der Waals surface area contributed by atoms with Crippen LogP contribution in [0.2, 0.25) is 5.02 Å². The molecule has 0 saturated carbocycles. The van der Waals surface area contributed by atoms with Gasteiger partial charge in [0, 0.05) is 68.5 Å². The number of fused-ring (bicyclic) bond motifs is 2. The number of hydrogen-bond donors (Lipinski definition) is 4. The SMILES string of the molecule is COc1cccc(CN(CCC[C@H]2CC(n3c(=O)[nH]c4ccccc43)CCN2C(=O)O)Cc2ccccc2)c1.O=C(O)N1CCC(n2c(=O)[nH]c3ccccc32)C[C@@H]1CCCN(Cc1ccccc1)Cc1cccc(Cl)c1. The maximum absolute atomic E-state index is 12.8. The Balaban J connectivity index is 0.000000188. The number of aromatic amines is 2. The molecule has 0 aliphatic carbocycles. The first kappa shape index (κ1) is 54.2. The topological polar surface area (TPSA) is 172 Å². The van der Waals surface area contributed by atoms with Crippen molar-refractivity contribution < 1.29 is 24.5 Å². The zero-order valence-electron chi connectivity index (χ0n) is 43.6. The summed E-state index contributed by atoms with van der Waals surface area (Å²) in [5.41, 5.74) is 7.92. The number of rotatable bonds is 19. The molecule has 4 heterocycles. The second kappa shape index (κ2) is 26.0. The van der Waals surface area contributed by atoms with Crippen LogP contribution in [0.1, 0.15) is 85.7 Å². The molecule has 4 atom stereocenters. The maximum Gasteiger partial charge on any atom is 0.407 e. The zero-order chi connectivity index (χ0) is 53.7. The van der Waals surface area contributed by atoms with E-state index in [-0.39, 0.29) is 35.5 Å². The van der Waals surface area contributed by atoms with Crippen molar-refractivity contribution in [2.75, 3.05) is 33.3 Å². The van der Waals surface area contributed by atoms with Crippen LogP contribution in [-0.2, 0) is 26.2 Å². The highest BCUT2D eigenvalue weighted by Gasteiger charge is 2.35. The van der Waals surface area contributed by atoms with E-state index in [1.165, 1.54) is 16.7 Å². The first-order chi connectivity index (χ1) is 37.5. The molecule has 2 aliphatic rings. The number of nitrogens with zero attached hydrogens (tertiary/aromatic N) is 6. The second-order valence-corrected chi connectivity index (χ2v) is 20.8. The van der Waals surface area contributed by atoms with Crippen molar-refractivity contribution in [1.29, 1.82) is 0 Å². The van der Waals surface area contributed by atoms with E-state index in [1.54, 1.807) is 16.9 Å². The predicted octanol–water partition coefficient (Wildman–Crippen LogP) is 11.7. The Kier molecular flexibility index (Phi) is 18.3. The first-order valence-corrected chi connectivity index (χ1v) is 27.1. The van der Waals surface area contributed by atoms with E-state index in [0.717, 1.165) is 103 Å². The molecule has 2 amide bonds. The number of halogens is 1. The molecule has 0 bridgehead atoms. The van der Waals surface area contributed by atoms with Gasteiger partial charge in [-0.1, -0.05) is 121 Å². The molecule has 8 aromatic rings. The molecular formula is C61H69ClN8O7. The van der Waals surface area contributed by atoms with Gasteiger partial charge in [-0.3, -0.25) is 18.9 Å². The van der Waals surface area contributed by atoms with Crippen molar-refractivity contribution in [3.8, 4) is 5.75 Å². The Hall–Kier alpha value is -7.59. The molecule has 2 saturated heterocycles. The van der Waals surface area contributed by atoms with E-state index in [1.807, 2.05) is 112 Å². The summed E-state index contributed by atoms with van der Waals surface area (Å²) in [5, 5.41) is 20.6. The lowest BCUT2D eigenvalue weighted by atomic mass is 9.93. The summed E-state index contributed by atoms with van der Waals surface area (Å²) in [5.74, 6) is 0.838. The molecule has 16 heteroatoms. The fraction of sp³-hybridized carbons (Fsp3) is 0.344. The predicted molar refractivity (Wildman–Crippen MR) is 303 cm³/mol. The Labute approximate surface area is 453 Å². The summed E-state index contributed by atoms with van der Waals surface area (Å²) < 4.78 is 9.07. The molecular weight excluding hydrogens is 992 g/mol. The van der Waals surface area contributed by atoms with Crippen molar-refractivity contribution in [1.82, 2.24) is 38.7 Å². The van der Waals surface area contributed by atoms with Gasteiger partial charge in [0.25, 0.3) is 0 Å². The third kappa shape index (κ3) is 14.1. The van der Waals surface area contributed by atoms with Crippen LogP contribution in [0, 0.1) is 0 Å². The van der Waals surface area contributed by atoms with Crippen LogP contribution in [0.3, 0.4) is 0 Å². The van der Waals surface area contributed by atoms with Crippen molar-refractivity contribution in [2.45, 2.75) is 102 Å². The number of para-hydroxylation sites is 4. The average molecular weight is 1060 g/mol. The molecule has 2 fully saturated rings. The number of nitrogens with one attached hydrogen (secondary N) is 2. The van der Waals surface area contributed by atoms with Gasteiger partial charge in [0.2, 0.25) is 0 Å². The van der Waals surface area contributed by atoms with Gasteiger partial charge in [-0.15, -0.1) is 0 Å². The summed E-state index contributed by atoms with van der Waals surface area (Å²) in [7, 11) is 1.68. The number of aromatic nitrogens is 4. The van der Waals surface area contributed by atoms with Crippen LogP contribution in [0.4, 0.5) is 9.59 Å². The van der Waals surface area contributed by atoms with Gasteiger partial charge in [-0.25, -0.2) is 19.2 Å². The van der Waals surface area contributed by atoms with Crippen molar-refractivity contribution in [3.63, 3.8) is 0 Å². The first-order valence-electron chi connectivity index (χ1n) is 26.8. The summed E-state index contributed by atoms with van der Waals surface area (Å²) >= 11 is 6.24. The van der Waals surface area contributed by atoms with Crippen LogP contribution in [0.25, 0.3) is 22.1 Å². The minimum atomic E-state index is -0.889. The molecule has 2 aromatic heterocycles. The van der Waals surface area contributed by atoms with Gasteiger partial charge in [-0.05, 0) is 135 Å². The quantitative estimate of drug-likeness (QED) is 0.0615. The molecule has 6 aromatic carbocycles. The molecule has 77 heavy (non-hydrogen) atoms. The van der Waals surface area contributed by atoms with Crippen molar-refractivity contribution in [3.05, 3.63) is 206 Å². The average Bonchev–Trinajstić information content (AvgIpc) is 3.97. The normalized spacial score (nSPS) is 17.7. The number of carbonyl (C=O) groups is 2. The minimum Gasteiger partial charge on any atom is -0.497 e. The van der Waals surface area contributed by atoms with Gasteiger partial charge in [0.1, 0.15) is 5.75 Å². The smallest absolute Gasteiger partial charge is 0.407 e. The van der Waals surface area contributed by atoms with E-state index >= 15 is 0 Å². The number of H-pyrrole nitrogens is 2. The number of methoxy groups -OCH3 is 1. The van der Waals surface area contributed by atoms with Crippen LogP contribution in [0.5, 0.6) is 5.75 Å². The fourth-order valence-corrected chi connectivity index (χ4v) is 11.8. The van der Waals surface area contributed by atoms with Crippen LogP contribution in [0.15, 0.2) is 167 Å². The number of ether oxygens (including phenoxy) is 1. The summed E-state index contributed by atoms with van der Waals surface area (Å²) in [6, 6.07) is 51.8. The number of imidazole rings is 2. The molecule has 0 radical (unpaired) electrons. The lowest BCUT2D eigenvalue weighted by Gasteiger charge is -2.38. The molecule has 2 aliphatic heterocycles. The van der Waals surface area contributed by atoms with Gasteiger partial charge in [0.15, 0.2) is 0 Å². The van der Waals surface area contributed by atoms with Gasteiger partial charge < -0.3 is 34.7 Å². The van der Waals surface area contributed by atoms with E-state index in [4.69, 9.17) is 16.3 Å². The van der Waals surface area contributed by atoms with Crippen molar-refractivity contribution >= 4 is 45.9 Å². The standard InChI is InChI=1S/C31H36N4O4.C30H33ClN4O3/c1-39-27-13-7-11-24(19-27)22-33(21-23-9-3-2-4-10-23)17-8-12-25-20-26(16-18-34(25)31(37)38)35-29-15-6-5-14-28(29)32-30(35)36;31-24-11-6-10-23(18-24)21-33(20-22-8-2-1-3-9-22)16-7-12-25-19-26(15-17-34(25)30(37)38)35-28-14-5-4-13-27(28)32-29(35)36/h2-7,9-11,13-15,19,25-26H,8,12,16-18,20-22H2,1H3,(H,32,36)(H,37,38);1-6,8-11,13-14,18,25-26H,7,12,15-17,19-21H2,(H,32,36)(H,37,38)/t2*25-,26?/m00/s1. The second-order valence-electron chi connectivity index (χ2n) is 20.4. The highest BCUT2D eigenvalue weighted by atomic mass is 35.5. The Morgan fingerprint density at radius 1 is 0.558 bits per heavy atom. The lowest BCUT2D eigenvalue weighted by Crippen LogP contribution is -2.47. The fourth-order valence-electron chi connectivity index (χ4n) is 11.6. The van der Waals surface area contributed by atoms with E-state index in [0.29, 0.717) is 38.8 Å². The number of hydrogen-bond acceptors (Lipinski definition) is 7. The molecule has 15 nitrogen and oxygen atoms in total. The summed E-state index contributed by atoms with van der Waals surface area (Å²) in [4.78, 5) is 63.6. The van der Waals surface area contributed by atoms with Gasteiger partial charge >= 0.3 is 23.6 Å². The minimum absolute atomic E-state index is 0.0357. The van der Waals surface area contributed by atoms with E-state index in [2.05, 4.69) is 74.4 Å². The number of likely N-dealkylation sites (tertiary alicyclic amines) is 2. The Morgan fingerprint density at radius 3 is 1.43 bits per heavy atom. The lowest BCUT2D eigenvalue weighted by molar-refractivity contribution is 0.0845.